The summed E-state index contributed by atoms with van der Waals surface area (Å²) in [6, 6.07) is 6.54. The third kappa shape index (κ3) is 5.14. The number of hydrogen-bond acceptors (Lipinski definition) is 5. The Hall–Kier alpha value is -1.73. The lowest BCUT2D eigenvalue weighted by atomic mass is 10.1. The lowest BCUT2D eigenvalue weighted by Gasteiger charge is -2.32. The highest BCUT2D eigenvalue weighted by Crippen LogP contribution is 2.15. The monoisotopic (exact) mass is 394 g/mol. The molecule has 1 fully saturated rings. The first-order valence-corrected chi connectivity index (χ1v) is 8.83. The van der Waals surface area contributed by atoms with Crippen molar-refractivity contribution in [3.63, 3.8) is 0 Å². The molecule has 0 bridgehead atoms. The quantitative estimate of drug-likeness (QED) is 0.813. The highest BCUT2D eigenvalue weighted by atomic mass is 79.9. The van der Waals surface area contributed by atoms with E-state index in [0.717, 1.165) is 36.9 Å². The van der Waals surface area contributed by atoms with Gasteiger partial charge in [-0.05, 0) is 53.0 Å². The van der Waals surface area contributed by atoms with Crippen LogP contribution >= 0.6 is 15.9 Å². The summed E-state index contributed by atoms with van der Waals surface area (Å²) in [5.41, 5.74) is 0. The van der Waals surface area contributed by atoms with Gasteiger partial charge in [0, 0.05) is 38.1 Å². The Labute approximate surface area is 149 Å². The fraction of sp³-hybridized carbons (Fsp3) is 0.412. The zero-order valence-electron chi connectivity index (χ0n) is 13.3. The molecular formula is C17H20BrFN4O. The third-order valence-electron chi connectivity index (χ3n) is 4.03. The molecule has 1 aliphatic rings. The van der Waals surface area contributed by atoms with Crippen LogP contribution in [-0.2, 0) is 0 Å². The van der Waals surface area contributed by atoms with E-state index < -0.39 is 0 Å². The Kier molecular flexibility index (Phi) is 5.98. The van der Waals surface area contributed by atoms with Crippen LogP contribution in [0.15, 0.2) is 41.1 Å². The van der Waals surface area contributed by atoms with E-state index in [2.05, 4.69) is 36.1 Å². The second-order valence-electron chi connectivity index (χ2n) is 5.79. The van der Waals surface area contributed by atoms with Crippen molar-refractivity contribution in [1.29, 1.82) is 0 Å². The summed E-state index contributed by atoms with van der Waals surface area (Å²) in [5, 5.41) is 3.38. The molecule has 3 rings (SSSR count). The Morgan fingerprint density at radius 1 is 1.17 bits per heavy atom. The summed E-state index contributed by atoms with van der Waals surface area (Å²) < 4.78 is 19.4. The van der Waals surface area contributed by atoms with Crippen LogP contribution in [0.4, 0.5) is 10.3 Å². The SMILES string of the molecule is Fc1ccc(OCCN2CCC(Nc3ncc(Br)cn3)CC2)cc1. The number of anilines is 1. The summed E-state index contributed by atoms with van der Waals surface area (Å²) in [5.74, 6) is 1.14. The number of hydrogen-bond donors (Lipinski definition) is 1. The van der Waals surface area contributed by atoms with Crippen LogP contribution in [0.3, 0.4) is 0 Å². The largest absolute Gasteiger partial charge is 0.492 e. The minimum atomic E-state index is -0.244. The van der Waals surface area contributed by atoms with Crippen LogP contribution in [0.5, 0.6) is 5.75 Å². The fourth-order valence-electron chi connectivity index (χ4n) is 2.69. The Morgan fingerprint density at radius 2 is 1.83 bits per heavy atom. The Morgan fingerprint density at radius 3 is 2.50 bits per heavy atom. The minimum Gasteiger partial charge on any atom is -0.492 e. The standard InChI is InChI=1S/C17H20BrFN4O/c18-13-11-20-17(21-12-13)22-15-5-7-23(8-6-15)9-10-24-16-3-1-14(19)2-4-16/h1-4,11-12,15H,5-10H2,(H,20,21,22). The van der Waals surface area contributed by atoms with E-state index in [9.17, 15) is 4.39 Å². The molecule has 0 aliphatic carbocycles. The van der Waals surface area contributed by atoms with Crippen molar-refractivity contribution in [1.82, 2.24) is 14.9 Å². The van der Waals surface area contributed by atoms with Crippen LogP contribution in [0.25, 0.3) is 0 Å². The lowest BCUT2D eigenvalue weighted by Crippen LogP contribution is -2.41. The van der Waals surface area contributed by atoms with Gasteiger partial charge in [0.2, 0.25) is 5.95 Å². The normalized spacial score (nSPS) is 16.1. The van der Waals surface area contributed by atoms with Gasteiger partial charge in [0.1, 0.15) is 18.2 Å². The number of ether oxygens (including phenoxy) is 1. The van der Waals surface area contributed by atoms with E-state index in [-0.39, 0.29) is 5.82 Å². The average Bonchev–Trinajstić information content (AvgIpc) is 2.60. The average molecular weight is 395 g/mol. The van der Waals surface area contributed by atoms with Gasteiger partial charge in [0.25, 0.3) is 0 Å². The number of rotatable bonds is 6. The number of nitrogens with zero attached hydrogens (tertiary/aromatic N) is 3. The first-order chi connectivity index (χ1) is 11.7. The molecule has 1 saturated heterocycles. The molecule has 2 heterocycles. The predicted octanol–water partition coefficient (Wildman–Crippen LogP) is 3.33. The predicted molar refractivity (Wildman–Crippen MR) is 94.7 cm³/mol. The smallest absolute Gasteiger partial charge is 0.222 e. The van der Waals surface area contributed by atoms with Crippen molar-refractivity contribution in [3.8, 4) is 5.75 Å². The maximum Gasteiger partial charge on any atom is 0.222 e. The molecule has 0 amide bonds. The molecule has 0 saturated carbocycles. The first-order valence-electron chi connectivity index (χ1n) is 8.04. The van der Waals surface area contributed by atoms with E-state index in [1.807, 2.05) is 0 Å². The zero-order valence-corrected chi connectivity index (χ0v) is 14.9. The summed E-state index contributed by atoms with van der Waals surface area (Å²) in [4.78, 5) is 10.9. The summed E-state index contributed by atoms with van der Waals surface area (Å²) >= 11 is 3.33. The Balaban J connectivity index is 1.36. The van der Waals surface area contributed by atoms with Crippen molar-refractivity contribution < 1.29 is 9.13 Å². The van der Waals surface area contributed by atoms with Gasteiger partial charge in [0.15, 0.2) is 0 Å². The number of nitrogens with one attached hydrogen (secondary N) is 1. The van der Waals surface area contributed by atoms with E-state index in [0.29, 0.717) is 24.3 Å². The molecule has 0 spiro atoms. The van der Waals surface area contributed by atoms with Crippen molar-refractivity contribution in [2.45, 2.75) is 18.9 Å². The molecule has 7 heteroatoms. The number of halogens is 2. The summed E-state index contributed by atoms with van der Waals surface area (Å²) in [7, 11) is 0. The molecule has 1 aliphatic heterocycles. The molecular weight excluding hydrogens is 375 g/mol. The molecule has 1 N–H and O–H groups in total. The Bertz CT molecular complexity index is 630. The van der Waals surface area contributed by atoms with Crippen LogP contribution < -0.4 is 10.1 Å². The first kappa shape index (κ1) is 17.1. The van der Waals surface area contributed by atoms with E-state index in [1.54, 1.807) is 24.5 Å². The number of benzene rings is 1. The van der Waals surface area contributed by atoms with Gasteiger partial charge >= 0.3 is 0 Å². The number of piperidine rings is 1. The van der Waals surface area contributed by atoms with Crippen molar-refractivity contribution in [2.75, 3.05) is 31.6 Å². The van der Waals surface area contributed by atoms with Crippen molar-refractivity contribution in [3.05, 3.63) is 46.9 Å². The molecule has 0 unspecified atom stereocenters. The van der Waals surface area contributed by atoms with Gasteiger partial charge in [-0.15, -0.1) is 0 Å². The highest BCUT2D eigenvalue weighted by molar-refractivity contribution is 9.10. The molecule has 5 nitrogen and oxygen atoms in total. The lowest BCUT2D eigenvalue weighted by molar-refractivity contribution is 0.177. The van der Waals surface area contributed by atoms with Gasteiger partial charge < -0.3 is 10.1 Å². The topological polar surface area (TPSA) is 50.3 Å². The number of likely N-dealkylation sites (tertiary alicyclic amines) is 1. The van der Waals surface area contributed by atoms with Gasteiger partial charge in [0.05, 0.1) is 4.47 Å². The molecule has 1 aromatic carbocycles. The minimum absolute atomic E-state index is 0.244. The van der Waals surface area contributed by atoms with Gasteiger partial charge in [-0.3, -0.25) is 4.90 Å². The summed E-state index contributed by atoms with van der Waals surface area (Å²) in [6.07, 6.45) is 5.60. The van der Waals surface area contributed by atoms with E-state index in [1.165, 1.54) is 12.1 Å². The van der Waals surface area contributed by atoms with Crippen molar-refractivity contribution >= 4 is 21.9 Å². The fourth-order valence-corrected chi connectivity index (χ4v) is 2.90. The highest BCUT2D eigenvalue weighted by Gasteiger charge is 2.19. The van der Waals surface area contributed by atoms with Gasteiger partial charge in [-0.25, -0.2) is 14.4 Å². The molecule has 0 radical (unpaired) electrons. The molecule has 0 atom stereocenters. The summed E-state index contributed by atoms with van der Waals surface area (Å²) in [6.45, 7) is 3.51. The van der Waals surface area contributed by atoms with Gasteiger partial charge in [-0.2, -0.15) is 0 Å². The van der Waals surface area contributed by atoms with Crippen LogP contribution in [0.1, 0.15) is 12.8 Å². The molecule has 2 aromatic rings. The maximum atomic E-state index is 12.8. The molecule has 128 valence electrons. The van der Waals surface area contributed by atoms with E-state index >= 15 is 0 Å². The maximum absolute atomic E-state index is 12.8. The van der Waals surface area contributed by atoms with Crippen LogP contribution in [-0.4, -0.2) is 47.2 Å². The third-order valence-corrected chi connectivity index (χ3v) is 4.44. The van der Waals surface area contributed by atoms with Gasteiger partial charge in [-0.1, -0.05) is 0 Å². The van der Waals surface area contributed by atoms with E-state index in [4.69, 9.17) is 4.74 Å². The van der Waals surface area contributed by atoms with Crippen LogP contribution in [0.2, 0.25) is 0 Å². The molecule has 24 heavy (non-hydrogen) atoms. The molecule has 1 aromatic heterocycles. The number of aromatic nitrogens is 2. The second-order valence-corrected chi connectivity index (χ2v) is 6.70. The van der Waals surface area contributed by atoms with Crippen molar-refractivity contribution in [2.24, 2.45) is 0 Å². The van der Waals surface area contributed by atoms with Crippen LogP contribution in [0, 0.1) is 5.82 Å². The second kappa shape index (κ2) is 8.39. The zero-order chi connectivity index (χ0) is 16.8.